The van der Waals surface area contributed by atoms with Crippen molar-refractivity contribution in [1.82, 2.24) is 5.32 Å². The van der Waals surface area contributed by atoms with Gasteiger partial charge in [0.25, 0.3) is 5.91 Å². The molecule has 2 aromatic rings. The SMILES string of the molecule is COc1cc(Br)ccc1C(=O)NC1CCCc2occc21. The molecule has 0 fully saturated rings. The molecule has 0 aliphatic heterocycles. The minimum absolute atomic E-state index is 0.00773. The van der Waals surface area contributed by atoms with Crippen LogP contribution in [0.1, 0.15) is 40.6 Å². The van der Waals surface area contributed by atoms with Gasteiger partial charge in [-0.1, -0.05) is 15.9 Å². The summed E-state index contributed by atoms with van der Waals surface area (Å²) in [5.74, 6) is 1.41. The molecule has 1 aromatic heterocycles. The highest BCUT2D eigenvalue weighted by atomic mass is 79.9. The van der Waals surface area contributed by atoms with Crippen molar-refractivity contribution in [1.29, 1.82) is 0 Å². The summed E-state index contributed by atoms with van der Waals surface area (Å²) in [6.45, 7) is 0. The number of nitrogens with one attached hydrogen (secondary N) is 1. The number of methoxy groups -OCH3 is 1. The van der Waals surface area contributed by atoms with Gasteiger partial charge in [0.15, 0.2) is 0 Å². The number of benzene rings is 1. The minimum Gasteiger partial charge on any atom is -0.496 e. The highest BCUT2D eigenvalue weighted by Gasteiger charge is 2.25. The number of amides is 1. The number of hydrogen-bond acceptors (Lipinski definition) is 3. The first-order valence-corrected chi connectivity index (χ1v) is 7.69. The molecular formula is C16H16BrNO3. The zero-order chi connectivity index (χ0) is 14.8. The minimum atomic E-state index is -0.126. The van der Waals surface area contributed by atoms with Crippen molar-refractivity contribution in [3.63, 3.8) is 0 Å². The molecule has 1 amide bonds. The fourth-order valence-electron chi connectivity index (χ4n) is 2.72. The van der Waals surface area contributed by atoms with Crippen LogP contribution in [0, 0.1) is 0 Å². The Morgan fingerprint density at radius 3 is 3.10 bits per heavy atom. The van der Waals surface area contributed by atoms with Crippen molar-refractivity contribution in [2.75, 3.05) is 7.11 Å². The number of fused-ring (bicyclic) bond motifs is 1. The molecule has 0 saturated heterocycles. The summed E-state index contributed by atoms with van der Waals surface area (Å²) in [5, 5.41) is 3.08. The maximum absolute atomic E-state index is 12.5. The lowest BCUT2D eigenvalue weighted by molar-refractivity contribution is 0.0929. The number of carbonyl (C=O) groups excluding carboxylic acids is 1. The molecule has 1 atom stereocenters. The third kappa shape index (κ3) is 2.83. The average Bonchev–Trinajstić information content (AvgIpc) is 2.96. The van der Waals surface area contributed by atoms with Crippen LogP contribution in [0.5, 0.6) is 5.75 Å². The van der Waals surface area contributed by atoms with Gasteiger partial charge in [0, 0.05) is 16.5 Å². The summed E-state index contributed by atoms with van der Waals surface area (Å²) in [7, 11) is 1.56. The van der Waals surface area contributed by atoms with E-state index in [0.717, 1.165) is 35.1 Å². The number of rotatable bonds is 3. The van der Waals surface area contributed by atoms with Gasteiger partial charge in [0.2, 0.25) is 0 Å². The lowest BCUT2D eigenvalue weighted by atomic mass is 9.93. The van der Waals surface area contributed by atoms with Gasteiger partial charge in [-0.25, -0.2) is 0 Å². The molecule has 3 rings (SSSR count). The normalized spacial score (nSPS) is 17.1. The van der Waals surface area contributed by atoms with Crippen LogP contribution in [0.15, 0.2) is 39.4 Å². The number of ether oxygens (including phenoxy) is 1. The smallest absolute Gasteiger partial charge is 0.255 e. The van der Waals surface area contributed by atoms with E-state index in [0.29, 0.717) is 11.3 Å². The largest absolute Gasteiger partial charge is 0.496 e. The van der Waals surface area contributed by atoms with E-state index < -0.39 is 0 Å². The zero-order valence-corrected chi connectivity index (χ0v) is 13.3. The lowest BCUT2D eigenvalue weighted by Crippen LogP contribution is -2.30. The van der Waals surface area contributed by atoms with E-state index in [4.69, 9.17) is 9.15 Å². The second kappa shape index (κ2) is 5.93. The second-order valence-corrected chi connectivity index (χ2v) is 5.98. The highest BCUT2D eigenvalue weighted by Crippen LogP contribution is 2.31. The van der Waals surface area contributed by atoms with Crippen molar-refractivity contribution >= 4 is 21.8 Å². The summed E-state index contributed by atoms with van der Waals surface area (Å²) in [4.78, 5) is 12.5. The van der Waals surface area contributed by atoms with Gasteiger partial charge in [0.05, 0.1) is 25.0 Å². The molecule has 1 heterocycles. The predicted octanol–water partition coefficient (Wildman–Crippen LogP) is 3.86. The van der Waals surface area contributed by atoms with Gasteiger partial charge in [-0.3, -0.25) is 4.79 Å². The van der Waals surface area contributed by atoms with E-state index >= 15 is 0 Å². The maximum atomic E-state index is 12.5. The molecule has 1 aliphatic rings. The number of halogens is 1. The first-order chi connectivity index (χ1) is 10.2. The lowest BCUT2D eigenvalue weighted by Gasteiger charge is -2.23. The number of furan rings is 1. The van der Waals surface area contributed by atoms with E-state index in [9.17, 15) is 4.79 Å². The van der Waals surface area contributed by atoms with E-state index in [1.165, 1.54) is 0 Å². The number of hydrogen-bond donors (Lipinski definition) is 1. The van der Waals surface area contributed by atoms with Gasteiger partial charge < -0.3 is 14.5 Å². The van der Waals surface area contributed by atoms with E-state index in [-0.39, 0.29) is 11.9 Å². The van der Waals surface area contributed by atoms with Crippen molar-refractivity contribution in [2.45, 2.75) is 25.3 Å². The summed E-state index contributed by atoms with van der Waals surface area (Å²) in [6, 6.07) is 7.34. The van der Waals surface area contributed by atoms with Gasteiger partial charge in [0.1, 0.15) is 11.5 Å². The van der Waals surface area contributed by atoms with Crippen molar-refractivity contribution in [2.24, 2.45) is 0 Å². The third-order valence-corrected chi connectivity index (χ3v) is 4.26. The van der Waals surface area contributed by atoms with Crippen LogP contribution in [0.4, 0.5) is 0 Å². The monoisotopic (exact) mass is 349 g/mol. The summed E-state index contributed by atoms with van der Waals surface area (Å²) in [5.41, 5.74) is 1.63. The topological polar surface area (TPSA) is 51.5 Å². The van der Waals surface area contributed by atoms with E-state index in [1.54, 1.807) is 25.5 Å². The summed E-state index contributed by atoms with van der Waals surface area (Å²) < 4.78 is 11.6. The van der Waals surface area contributed by atoms with Gasteiger partial charge in [-0.2, -0.15) is 0 Å². The Kier molecular flexibility index (Phi) is 4.01. The molecule has 1 aromatic carbocycles. The fourth-order valence-corrected chi connectivity index (χ4v) is 3.07. The van der Waals surface area contributed by atoms with Crippen LogP contribution in [0.25, 0.3) is 0 Å². The Morgan fingerprint density at radius 1 is 1.43 bits per heavy atom. The van der Waals surface area contributed by atoms with Crippen LogP contribution in [-0.2, 0) is 6.42 Å². The van der Waals surface area contributed by atoms with Crippen molar-refractivity contribution < 1.29 is 13.9 Å². The maximum Gasteiger partial charge on any atom is 0.255 e. The Hall–Kier alpha value is -1.75. The Morgan fingerprint density at radius 2 is 2.29 bits per heavy atom. The molecule has 1 N–H and O–H groups in total. The molecule has 1 unspecified atom stereocenters. The molecule has 21 heavy (non-hydrogen) atoms. The second-order valence-electron chi connectivity index (χ2n) is 5.06. The quantitative estimate of drug-likeness (QED) is 0.915. The predicted molar refractivity (Wildman–Crippen MR) is 82.5 cm³/mol. The molecule has 110 valence electrons. The molecule has 5 heteroatoms. The molecule has 0 saturated carbocycles. The van der Waals surface area contributed by atoms with Crippen LogP contribution < -0.4 is 10.1 Å². The van der Waals surface area contributed by atoms with Crippen LogP contribution in [0.2, 0.25) is 0 Å². The number of aryl methyl sites for hydroxylation is 1. The molecule has 0 bridgehead atoms. The van der Waals surface area contributed by atoms with Crippen molar-refractivity contribution in [3.05, 3.63) is 51.9 Å². The molecule has 4 nitrogen and oxygen atoms in total. The zero-order valence-electron chi connectivity index (χ0n) is 11.7. The van der Waals surface area contributed by atoms with Crippen LogP contribution in [0.3, 0.4) is 0 Å². The molecule has 0 radical (unpaired) electrons. The van der Waals surface area contributed by atoms with Gasteiger partial charge in [-0.15, -0.1) is 0 Å². The first kappa shape index (κ1) is 14.2. The average molecular weight is 350 g/mol. The van der Waals surface area contributed by atoms with Gasteiger partial charge >= 0.3 is 0 Å². The van der Waals surface area contributed by atoms with Crippen LogP contribution in [-0.4, -0.2) is 13.0 Å². The Balaban J connectivity index is 1.82. The fraction of sp³-hybridized carbons (Fsp3) is 0.312. The third-order valence-electron chi connectivity index (χ3n) is 3.77. The first-order valence-electron chi connectivity index (χ1n) is 6.89. The highest BCUT2D eigenvalue weighted by molar-refractivity contribution is 9.10. The van der Waals surface area contributed by atoms with Gasteiger partial charge in [-0.05, 0) is 37.1 Å². The van der Waals surface area contributed by atoms with Crippen LogP contribution >= 0.6 is 15.9 Å². The molecule has 0 spiro atoms. The Labute approximate surface area is 131 Å². The van der Waals surface area contributed by atoms with Crippen molar-refractivity contribution in [3.8, 4) is 5.75 Å². The Bertz CT molecular complexity index is 665. The summed E-state index contributed by atoms with van der Waals surface area (Å²) >= 11 is 3.38. The van der Waals surface area contributed by atoms with E-state index in [1.807, 2.05) is 12.1 Å². The summed E-state index contributed by atoms with van der Waals surface area (Å²) in [6.07, 6.45) is 4.58. The standard InChI is InChI=1S/C16H16BrNO3/c1-20-15-9-10(17)5-6-12(15)16(19)18-13-3-2-4-14-11(13)7-8-21-14/h5-9,13H,2-4H2,1H3,(H,18,19). The molecular weight excluding hydrogens is 334 g/mol. The van der Waals surface area contributed by atoms with E-state index in [2.05, 4.69) is 21.2 Å². The number of carbonyl (C=O) groups is 1. The molecule has 1 aliphatic carbocycles.